The van der Waals surface area contributed by atoms with Crippen LogP contribution < -0.4 is 5.32 Å². The van der Waals surface area contributed by atoms with E-state index in [0.717, 1.165) is 0 Å². The number of carbonyl (C=O) groups is 2. The van der Waals surface area contributed by atoms with Crippen molar-refractivity contribution in [1.29, 1.82) is 0 Å². The fourth-order valence-corrected chi connectivity index (χ4v) is 1.40. The third kappa shape index (κ3) is 5.13. The van der Waals surface area contributed by atoms with E-state index in [0.29, 0.717) is 11.8 Å². The molecule has 2 N–H and O–H groups in total. The molecule has 0 unspecified atom stereocenters. The van der Waals surface area contributed by atoms with Gasteiger partial charge in [0.2, 0.25) is 0 Å². The topological polar surface area (TPSA) is 66.4 Å². The highest BCUT2D eigenvalue weighted by atomic mass is 19.4. The molecule has 4 nitrogen and oxygen atoms in total. The Balaban J connectivity index is 2.63. The SMILES string of the molecule is O=C(O)[C@@H](Cc1ccccc1)N/C=C\C(=O)C(F)(F)F. The van der Waals surface area contributed by atoms with E-state index in [1.807, 2.05) is 0 Å². The Morgan fingerprint density at radius 2 is 1.85 bits per heavy atom. The average Bonchev–Trinajstić information content (AvgIpc) is 2.37. The Bertz CT molecular complexity index is 497. The second kappa shape index (κ2) is 6.74. The Morgan fingerprint density at radius 3 is 2.35 bits per heavy atom. The molecule has 0 radical (unpaired) electrons. The van der Waals surface area contributed by atoms with Crippen LogP contribution in [-0.4, -0.2) is 29.1 Å². The van der Waals surface area contributed by atoms with Gasteiger partial charge in [0.1, 0.15) is 6.04 Å². The van der Waals surface area contributed by atoms with Gasteiger partial charge in [0.05, 0.1) is 0 Å². The summed E-state index contributed by atoms with van der Waals surface area (Å²) >= 11 is 0. The first-order valence-electron chi connectivity index (χ1n) is 5.61. The Hall–Kier alpha value is -2.31. The molecule has 0 saturated carbocycles. The zero-order chi connectivity index (χ0) is 15.2. The highest BCUT2D eigenvalue weighted by Crippen LogP contribution is 2.16. The van der Waals surface area contributed by atoms with Crippen molar-refractivity contribution < 1.29 is 27.9 Å². The molecular weight excluding hydrogens is 275 g/mol. The first kappa shape index (κ1) is 15.7. The lowest BCUT2D eigenvalue weighted by Gasteiger charge is -2.12. The number of ketones is 1. The molecule has 0 saturated heterocycles. The number of carboxylic acid groups (broad SMARTS) is 1. The summed E-state index contributed by atoms with van der Waals surface area (Å²) in [5.74, 6) is -3.27. The van der Waals surface area contributed by atoms with E-state index >= 15 is 0 Å². The van der Waals surface area contributed by atoms with Gasteiger partial charge in [0, 0.05) is 18.7 Å². The number of nitrogens with one attached hydrogen (secondary N) is 1. The molecule has 0 aliphatic rings. The molecule has 0 bridgehead atoms. The summed E-state index contributed by atoms with van der Waals surface area (Å²) in [6.07, 6.45) is -3.91. The maximum Gasteiger partial charge on any atom is 0.454 e. The molecule has 7 heteroatoms. The van der Waals surface area contributed by atoms with Crippen LogP contribution in [0.5, 0.6) is 0 Å². The summed E-state index contributed by atoms with van der Waals surface area (Å²) in [5.41, 5.74) is 0.711. The number of carbonyl (C=O) groups excluding carboxylic acids is 1. The molecule has 20 heavy (non-hydrogen) atoms. The van der Waals surface area contributed by atoms with Gasteiger partial charge in [0.15, 0.2) is 0 Å². The van der Waals surface area contributed by atoms with Crippen LogP contribution in [0.15, 0.2) is 42.6 Å². The van der Waals surface area contributed by atoms with Gasteiger partial charge in [-0.2, -0.15) is 13.2 Å². The number of hydrogen-bond donors (Lipinski definition) is 2. The highest BCUT2D eigenvalue weighted by Gasteiger charge is 2.36. The van der Waals surface area contributed by atoms with Gasteiger partial charge >= 0.3 is 12.1 Å². The highest BCUT2D eigenvalue weighted by molar-refractivity contribution is 5.94. The van der Waals surface area contributed by atoms with Crippen molar-refractivity contribution in [2.45, 2.75) is 18.6 Å². The minimum Gasteiger partial charge on any atom is -0.480 e. The lowest BCUT2D eigenvalue weighted by atomic mass is 10.1. The van der Waals surface area contributed by atoms with Crippen LogP contribution in [0, 0.1) is 0 Å². The van der Waals surface area contributed by atoms with Crippen LogP contribution in [-0.2, 0) is 16.0 Å². The van der Waals surface area contributed by atoms with E-state index in [9.17, 15) is 22.8 Å². The lowest BCUT2D eigenvalue weighted by molar-refractivity contribution is -0.165. The van der Waals surface area contributed by atoms with Gasteiger partial charge in [-0.15, -0.1) is 0 Å². The quantitative estimate of drug-likeness (QED) is 0.784. The van der Waals surface area contributed by atoms with Gasteiger partial charge in [-0.25, -0.2) is 4.79 Å². The molecule has 1 aromatic carbocycles. The minimum absolute atomic E-state index is 0.0840. The fourth-order valence-electron chi connectivity index (χ4n) is 1.40. The van der Waals surface area contributed by atoms with Crippen LogP contribution in [0.1, 0.15) is 5.56 Å². The van der Waals surface area contributed by atoms with Crippen molar-refractivity contribution in [3.05, 3.63) is 48.2 Å². The first-order valence-corrected chi connectivity index (χ1v) is 5.61. The fraction of sp³-hybridized carbons (Fsp3) is 0.231. The number of halogens is 3. The Labute approximate surface area is 112 Å². The normalized spacial score (nSPS) is 13.2. The Kier molecular flexibility index (Phi) is 5.31. The van der Waals surface area contributed by atoms with Crippen molar-refractivity contribution in [2.24, 2.45) is 0 Å². The third-order valence-corrected chi connectivity index (χ3v) is 2.39. The standard InChI is InChI=1S/C13H12F3NO3/c14-13(15,16)11(18)6-7-17-10(12(19)20)8-9-4-2-1-3-5-9/h1-7,10,17H,8H2,(H,19,20)/b7-6-/t10-/m1/s1. The van der Waals surface area contributed by atoms with Crippen molar-refractivity contribution in [1.82, 2.24) is 5.32 Å². The summed E-state index contributed by atoms with van der Waals surface area (Å²) in [6.45, 7) is 0. The number of hydrogen-bond acceptors (Lipinski definition) is 3. The second-order valence-electron chi connectivity index (χ2n) is 3.94. The Morgan fingerprint density at radius 1 is 1.25 bits per heavy atom. The van der Waals surface area contributed by atoms with Crippen molar-refractivity contribution in [3.63, 3.8) is 0 Å². The number of carboxylic acids is 1. The molecule has 108 valence electrons. The summed E-state index contributed by atoms with van der Waals surface area (Å²) in [5, 5.41) is 11.2. The van der Waals surface area contributed by atoms with E-state index in [1.165, 1.54) is 0 Å². The number of allylic oxidation sites excluding steroid dienone is 1. The molecule has 1 rings (SSSR count). The van der Waals surface area contributed by atoms with Crippen LogP contribution >= 0.6 is 0 Å². The molecule has 0 amide bonds. The number of benzene rings is 1. The molecule has 0 aromatic heterocycles. The van der Waals surface area contributed by atoms with E-state index in [-0.39, 0.29) is 12.5 Å². The first-order chi connectivity index (χ1) is 9.30. The van der Waals surface area contributed by atoms with Gasteiger partial charge in [-0.3, -0.25) is 4.79 Å². The zero-order valence-corrected chi connectivity index (χ0v) is 10.2. The number of rotatable bonds is 6. The monoisotopic (exact) mass is 287 g/mol. The molecule has 0 fully saturated rings. The molecule has 1 atom stereocenters. The average molecular weight is 287 g/mol. The van der Waals surface area contributed by atoms with Crippen LogP contribution in [0.4, 0.5) is 13.2 Å². The molecule has 0 aliphatic carbocycles. The maximum absolute atomic E-state index is 11.9. The van der Waals surface area contributed by atoms with Crippen molar-refractivity contribution in [2.75, 3.05) is 0 Å². The van der Waals surface area contributed by atoms with E-state index in [4.69, 9.17) is 5.11 Å². The van der Waals surface area contributed by atoms with Gasteiger partial charge < -0.3 is 10.4 Å². The molecule has 0 aliphatic heterocycles. The number of aliphatic carboxylic acids is 1. The zero-order valence-electron chi connectivity index (χ0n) is 10.2. The third-order valence-electron chi connectivity index (χ3n) is 2.39. The minimum atomic E-state index is -4.96. The molecule has 0 spiro atoms. The molecule has 1 aromatic rings. The molecular formula is C13H12F3NO3. The summed E-state index contributed by atoms with van der Waals surface area (Å²) in [6, 6.07) is 7.47. The summed E-state index contributed by atoms with van der Waals surface area (Å²) < 4.78 is 35.8. The van der Waals surface area contributed by atoms with Gasteiger partial charge in [-0.05, 0) is 5.56 Å². The predicted octanol–water partition coefficient (Wildman–Crippen LogP) is 1.92. The van der Waals surface area contributed by atoms with Gasteiger partial charge in [0.25, 0.3) is 5.78 Å². The van der Waals surface area contributed by atoms with E-state index in [1.54, 1.807) is 30.3 Å². The smallest absolute Gasteiger partial charge is 0.454 e. The van der Waals surface area contributed by atoms with Crippen molar-refractivity contribution >= 4 is 11.8 Å². The number of alkyl halides is 3. The van der Waals surface area contributed by atoms with Crippen molar-refractivity contribution in [3.8, 4) is 0 Å². The van der Waals surface area contributed by atoms with Crippen LogP contribution in [0.2, 0.25) is 0 Å². The predicted molar refractivity (Wildman–Crippen MR) is 64.9 cm³/mol. The summed E-state index contributed by atoms with van der Waals surface area (Å²) in [4.78, 5) is 21.5. The van der Waals surface area contributed by atoms with E-state index < -0.39 is 24.0 Å². The maximum atomic E-state index is 11.9. The second-order valence-corrected chi connectivity index (χ2v) is 3.94. The molecule has 0 heterocycles. The van der Waals surface area contributed by atoms with Crippen LogP contribution in [0.3, 0.4) is 0 Å². The summed E-state index contributed by atoms with van der Waals surface area (Å²) in [7, 11) is 0. The van der Waals surface area contributed by atoms with E-state index in [2.05, 4.69) is 5.32 Å². The lowest BCUT2D eigenvalue weighted by Crippen LogP contribution is -2.35. The van der Waals surface area contributed by atoms with Gasteiger partial charge in [-0.1, -0.05) is 30.3 Å². The largest absolute Gasteiger partial charge is 0.480 e. The van der Waals surface area contributed by atoms with Crippen LogP contribution in [0.25, 0.3) is 0 Å².